The first-order valence-corrected chi connectivity index (χ1v) is 28.6. The van der Waals surface area contributed by atoms with Crippen LogP contribution in [-0.4, -0.2) is 110 Å². The molecule has 0 bridgehead atoms. The van der Waals surface area contributed by atoms with Crippen LogP contribution in [0.2, 0.25) is 0 Å². The predicted octanol–water partition coefficient (Wildman–Crippen LogP) is 1.47. The van der Waals surface area contributed by atoms with E-state index in [-0.39, 0.29) is 54.3 Å². The molecule has 1 saturated carbocycles. The number of fused-ring (bicyclic) bond motifs is 1. The molecule has 3 aromatic rings. The van der Waals surface area contributed by atoms with E-state index in [4.69, 9.17) is 15.2 Å². The van der Waals surface area contributed by atoms with Crippen LogP contribution in [0.1, 0.15) is 122 Å². The molecule has 29 heteroatoms. The van der Waals surface area contributed by atoms with Crippen molar-refractivity contribution in [1.82, 2.24) is 30.2 Å². The number of benzene rings is 1. The lowest BCUT2D eigenvalue weighted by Gasteiger charge is -2.36. The molecule has 1 aliphatic carbocycles. The topological polar surface area (TPSA) is 401 Å². The number of aryl methyl sites for hydroxylation is 2. The average Bonchev–Trinajstić information content (AvgIpc) is 3.84. The number of nitrogen functional groups attached to an aromatic ring is 1. The number of hydrogen-bond donors (Lipinski definition) is 5. The van der Waals surface area contributed by atoms with Crippen molar-refractivity contribution in [2.24, 2.45) is 10.8 Å². The number of carbonyl (C=O) groups is 4. The second-order valence-corrected chi connectivity index (χ2v) is 23.9. The van der Waals surface area contributed by atoms with Crippen LogP contribution >= 0.6 is 23.5 Å². The molecule has 0 spiro atoms. The molecule has 74 heavy (non-hydrogen) atoms. The van der Waals surface area contributed by atoms with Gasteiger partial charge in [-0.05, 0) is 68.9 Å². The van der Waals surface area contributed by atoms with E-state index in [1.807, 2.05) is 13.8 Å². The fourth-order valence-electron chi connectivity index (χ4n) is 8.28. The molecule has 414 valence electrons. The third kappa shape index (κ3) is 18.6. The van der Waals surface area contributed by atoms with Crippen molar-refractivity contribution in [3.63, 3.8) is 0 Å². The molecule has 1 saturated heterocycles. The SMILES string of the molecule is CC(C)(CCCCCc1ccc(CCCCCC2(OC=O)CC2)cc1)C(=O)CCNC(=O)CCNC(=O)C(O)C(C)(C)COP(=O)([O-])OP(=O)([O-])OCC1OC(n2cnc3c(N)ncnc32)C(O)C1OP(=O)([O-])[O-]. The van der Waals surface area contributed by atoms with Gasteiger partial charge in [0.1, 0.15) is 47.6 Å². The van der Waals surface area contributed by atoms with Gasteiger partial charge >= 0.3 is 0 Å². The fourth-order valence-corrected chi connectivity index (χ4v) is 11.0. The van der Waals surface area contributed by atoms with Gasteiger partial charge in [-0.3, -0.25) is 32.9 Å². The number of aromatic nitrogens is 4. The maximum atomic E-state index is 13.0. The summed E-state index contributed by atoms with van der Waals surface area (Å²) in [5.41, 5.74) is 5.86. The molecule has 3 heterocycles. The molecule has 2 amide bonds. The van der Waals surface area contributed by atoms with Crippen LogP contribution in [0.4, 0.5) is 5.82 Å². The molecule has 2 fully saturated rings. The van der Waals surface area contributed by atoms with E-state index in [1.54, 1.807) is 0 Å². The van der Waals surface area contributed by atoms with Gasteiger partial charge in [0.2, 0.25) is 11.8 Å². The highest BCUT2D eigenvalue weighted by Gasteiger charge is 2.48. The van der Waals surface area contributed by atoms with E-state index in [0.29, 0.717) is 12.9 Å². The number of nitrogens with zero attached hydrogens (tertiary/aromatic N) is 4. The van der Waals surface area contributed by atoms with Crippen molar-refractivity contribution in [2.45, 2.75) is 154 Å². The van der Waals surface area contributed by atoms with Gasteiger partial charge in [-0.1, -0.05) is 71.2 Å². The zero-order valence-electron chi connectivity index (χ0n) is 41.7. The lowest BCUT2D eigenvalue weighted by atomic mass is 9.81. The number of ether oxygens (including phenoxy) is 2. The van der Waals surface area contributed by atoms with Gasteiger partial charge in [-0.25, -0.2) is 19.3 Å². The quantitative estimate of drug-likeness (QED) is 0.0321. The second-order valence-electron chi connectivity index (χ2n) is 19.9. The Kier molecular flexibility index (Phi) is 21.6. The van der Waals surface area contributed by atoms with Crippen molar-refractivity contribution in [2.75, 3.05) is 32.0 Å². The Hall–Kier alpha value is -4.10. The molecule has 2 aliphatic rings. The monoisotopic (exact) mass is 1100 g/mol. The van der Waals surface area contributed by atoms with Gasteiger partial charge < -0.3 is 73.8 Å². The Morgan fingerprint density at radius 1 is 0.905 bits per heavy atom. The molecule has 26 nitrogen and oxygen atoms in total. The number of rotatable bonds is 34. The molecular weight excluding hydrogens is 1040 g/mol. The molecule has 7 atom stereocenters. The van der Waals surface area contributed by atoms with Crippen LogP contribution in [0.15, 0.2) is 36.9 Å². The van der Waals surface area contributed by atoms with Crippen molar-refractivity contribution in [1.29, 1.82) is 0 Å². The Bertz CT molecular complexity index is 2520. The number of nitrogens with two attached hydrogens (primary N) is 1. The first-order valence-electron chi connectivity index (χ1n) is 24.2. The van der Waals surface area contributed by atoms with Crippen molar-refractivity contribution >= 4 is 64.5 Å². The minimum absolute atomic E-state index is 0.00796. The van der Waals surface area contributed by atoms with Crippen LogP contribution in [0, 0.1) is 10.8 Å². The summed E-state index contributed by atoms with van der Waals surface area (Å²) in [4.78, 5) is 109. The number of phosphoric ester groups is 3. The van der Waals surface area contributed by atoms with Crippen LogP contribution in [-0.2, 0) is 73.1 Å². The summed E-state index contributed by atoms with van der Waals surface area (Å²) in [6.07, 6.45) is 4.01. The van der Waals surface area contributed by atoms with Gasteiger partial charge in [0.15, 0.2) is 17.7 Å². The first kappa shape index (κ1) is 60.8. The summed E-state index contributed by atoms with van der Waals surface area (Å²) < 4.78 is 66.2. The van der Waals surface area contributed by atoms with E-state index >= 15 is 0 Å². The standard InChI is InChI=1S/C45H70N7O19P3/c1-43(2,19-9-5-7-11-30-13-15-31(16-14-30)12-8-6-10-20-45(21-22-45)66-29-53)33(54)17-23-47-34(55)18-24-48-41(58)38(57)44(3,4)26-68-74(64,65)71-73(62,63)67-25-32-37(70-72(59,60)61)36(56)42(69-32)52-28-51-35-39(46)49-27-50-40(35)52/h13-16,27-29,32,36-38,42,56-57H,5-12,17-26H2,1-4H3,(H,47,55)(H,48,58)(H,62,63)(H,64,65)(H2,46,49,50)(H2,59,60,61)/p-4. The predicted molar refractivity (Wildman–Crippen MR) is 254 cm³/mol. The summed E-state index contributed by atoms with van der Waals surface area (Å²) in [7, 11) is -17.7. The number of aliphatic hydroxyl groups excluding tert-OH is 2. The zero-order chi connectivity index (χ0) is 54.5. The van der Waals surface area contributed by atoms with Gasteiger partial charge in [0.25, 0.3) is 22.1 Å². The molecule has 5 rings (SSSR count). The lowest BCUT2D eigenvalue weighted by Crippen LogP contribution is -2.46. The smallest absolute Gasteiger partial charge is 0.293 e. The summed E-state index contributed by atoms with van der Waals surface area (Å²) in [6.45, 7) is 4.27. The van der Waals surface area contributed by atoms with E-state index in [0.717, 1.165) is 87.9 Å². The highest BCUT2D eigenvalue weighted by Crippen LogP contribution is 2.56. The number of phosphoric acid groups is 3. The van der Waals surface area contributed by atoms with Crippen LogP contribution in [0.5, 0.6) is 0 Å². The Morgan fingerprint density at radius 2 is 1.53 bits per heavy atom. The summed E-state index contributed by atoms with van der Waals surface area (Å²) >= 11 is 0. The number of Topliss-reactive ketones (excluding diaryl/α,β-unsaturated/α-hetero) is 1. The number of imidazole rings is 1. The second kappa shape index (κ2) is 26.3. The summed E-state index contributed by atoms with van der Waals surface area (Å²) in [5.74, 6) is -1.60. The average molecular weight is 1100 g/mol. The number of carbonyl (C=O) groups excluding carboxylic acids is 4. The first-order chi connectivity index (χ1) is 34.7. The minimum atomic E-state index is -5.94. The Morgan fingerprint density at radius 3 is 2.15 bits per heavy atom. The number of aliphatic hydroxyl groups is 2. The minimum Gasteiger partial charge on any atom is -0.790 e. The molecule has 7 unspecified atom stereocenters. The lowest BCUT2D eigenvalue weighted by molar-refractivity contribution is -0.347. The third-order valence-electron chi connectivity index (χ3n) is 13.0. The van der Waals surface area contributed by atoms with Crippen LogP contribution in [0.25, 0.3) is 11.2 Å². The number of unbranched alkanes of at least 4 members (excludes halogenated alkanes) is 4. The third-order valence-corrected chi connectivity index (χ3v) is 16.0. The molecule has 1 aliphatic heterocycles. The van der Waals surface area contributed by atoms with E-state index < -0.39 is 90.0 Å². The zero-order valence-corrected chi connectivity index (χ0v) is 44.4. The van der Waals surface area contributed by atoms with E-state index in [9.17, 15) is 62.7 Å². The molecule has 0 radical (unpaired) electrons. The van der Waals surface area contributed by atoms with Gasteiger partial charge in [-0.15, -0.1) is 0 Å². The summed E-state index contributed by atoms with van der Waals surface area (Å²) in [6, 6.07) is 8.71. The molecule has 6 N–H and O–H groups in total. The van der Waals surface area contributed by atoms with E-state index in [1.165, 1.54) is 25.0 Å². The number of amides is 2. The van der Waals surface area contributed by atoms with Crippen molar-refractivity contribution < 1.29 is 90.0 Å². The van der Waals surface area contributed by atoms with Crippen LogP contribution < -0.4 is 35.9 Å². The van der Waals surface area contributed by atoms with Crippen molar-refractivity contribution in [3.8, 4) is 0 Å². The Balaban J connectivity index is 0.941. The highest BCUT2D eigenvalue weighted by molar-refractivity contribution is 7.59. The molecule has 1 aromatic carbocycles. The van der Waals surface area contributed by atoms with Gasteiger partial charge in [0.05, 0.1) is 27.4 Å². The Labute approximate surface area is 428 Å². The summed E-state index contributed by atoms with van der Waals surface area (Å²) in [5, 5.41) is 26.5. The number of hydrogen-bond acceptors (Lipinski definition) is 23. The molecular formula is C45H66N7O19P3-4. The maximum Gasteiger partial charge on any atom is 0.293 e. The number of anilines is 1. The largest absolute Gasteiger partial charge is 0.790 e. The van der Waals surface area contributed by atoms with Gasteiger partial charge in [0, 0.05) is 36.8 Å². The molecule has 2 aromatic heterocycles. The maximum absolute atomic E-state index is 13.0. The highest BCUT2D eigenvalue weighted by atomic mass is 31.3. The van der Waals surface area contributed by atoms with Gasteiger partial charge in [-0.2, -0.15) is 0 Å². The fraction of sp³-hybridized carbons (Fsp3) is 0.667. The van der Waals surface area contributed by atoms with E-state index in [2.05, 4.69) is 67.7 Å². The number of ketones is 1. The number of nitrogens with one attached hydrogen (secondary N) is 2. The van der Waals surface area contributed by atoms with Crippen molar-refractivity contribution in [3.05, 3.63) is 48.0 Å². The van der Waals surface area contributed by atoms with Crippen LogP contribution in [0.3, 0.4) is 0 Å². The normalized spacial score (nSPS) is 20.8.